The summed E-state index contributed by atoms with van der Waals surface area (Å²) in [5, 5.41) is 3.46. The predicted octanol–water partition coefficient (Wildman–Crippen LogP) is 3.46. The van der Waals surface area contributed by atoms with Crippen LogP contribution in [-0.4, -0.2) is 29.3 Å². The summed E-state index contributed by atoms with van der Waals surface area (Å²) in [4.78, 5) is 4.62. The zero-order valence-corrected chi connectivity index (χ0v) is 13.4. The molecule has 1 aliphatic carbocycles. The lowest BCUT2D eigenvalue weighted by Gasteiger charge is -2.29. The van der Waals surface area contributed by atoms with Crippen molar-refractivity contribution >= 4 is 5.95 Å². The first kappa shape index (κ1) is 15.4. The second-order valence-corrected chi connectivity index (χ2v) is 6.38. The van der Waals surface area contributed by atoms with Crippen molar-refractivity contribution in [1.82, 2.24) is 9.55 Å². The molecule has 1 aromatic heterocycles. The molecule has 1 aromatic rings. The van der Waals surface area contributed by atoms with Crippen molar-refractivity contribution in [3.05, 3.63) is 11.9 Å². The minimum atomic E-state index is 0.282. The number of hydrogen-bond donors (Lipinski definition) is 1. The Morgan fingerprint density at radius 3 is 2.90 bits per heavy atom. The summed E-state index contributed by atoms with van der Waals surface area (Å²) in [5.74, 6) is 2.61. The molecule has 0 saturated heterocycles. The highest BCUT2D eigenvalue weighted by molar-refractivity contribution is 5.30. The van der Waals surface area contributed by atoms with Gasteiger partial charge in [-0.05, 0) is 32.1 Å². The maximum atomic E-state index is 5.19. The highest BCUT2D eigenvalue weighted by Gasteiger charge is 2.22. The van der Waals surface area contributed by atoms with Crippen LogP contribution >= 0.6 is 0 Å². The van der Waals surface area contributed by atoms with Gasteiger partial charge in [0.25, 0.3) is 0 Å². The van der Waals surface area contributed by atoms with Gasteiger partial charge >= 0.3 is 0 Å². The Bertz CT molecular complexity index is 416. The molecule has 3 atom stereocenters. The summed E-state index contributed by atoms with van der Waals surface area (Å²) in [7, 11) is 1.74. The van der Waals surface area contributed by atoms with Crippen molar-refractivity contribution in [3.63, 3.8) is 0 Å². The first-order valence-electron chi connectivity index (χ1n) is 7.89. The van der Waals surface area contributed by atoms with Gasteiger partial charge in [-0.15, -0.1) is 0 Å². The number of hydrogen-bond acceptors (Lipinski definition) is 3. The maximum Gasteiger partial charge on any atom is 0.203 e. The smallest absolute Gasteiger partial charge is 0.203 e. The van der Waals surface area contributed by atoms with Crippen LogP contribution in [0.1, 0.15) is 45.2 Å². The summed E-state index contributed by atoms with van der Waals surface area (Å²) in [6.07, 6.45) is 7.68. The molecule has 1 saturated carbocycles. The summed E-state index contributed by atoms with van der Waals surface area (Å²) in [6, 6.07) is 0.282. The average Bonchev–Trinajstić information content (AvgIpc) is 2.72. The molecule has 1 heterocycles. The van der Waals surface area contributed by atoms with E-state index in [2.05, 4.69) is 41.8 Å². The quantitative estimate of drug-likeness (QED) is 0.866. The fraction of sp³-hybridized carbons (Fsp3) is 0.812. The fourth-order valence-electron chi connectivity index (χ4n) is 3.23. The van der Waals surface area contributed by atoms with Gasteiger partial charge in [-0.1, -0.05) is 26.2 Å². The third-order valence-corrected chi connectivity index (χ3v) is 4.41. The molecule has 0 amide bonds. The largest absolute Gasteiger partial charge is 0.383 e. The van der Waals surface area contributed by atoms with E-state index in [0.29, 0.717) is 6.61 Å². The Hall–Kier alpha value is -1.03. The van der Waals surface area contributed by atoms with Crippen molar-refractivity contribution in [3.8, 4) is 0 Å². The van der Waals surface area contributed by atoms with E-state index < -0.39 is 0 Å². The van der Waals surface area contributed by atoms with Crippen LogP contribution in [-0.2, 0) is 11.3 Å². The van der Waals surface area contributed by atoms with Crippen molar-refractivity contribution in [2.24, 2.45) is 11.8 Å². The van der Waals surface area contributed by atoms with Gasteiger partial charge in [-0.2, -0.15) is 0 Å². The lowest BCUT2D eigenvalue weighted by Crippen LogP contribution is -2.26. The lowest BCUT2D eigenvalue weighted by atomic mass is 9.80. The Kier molecular flexibility index (Phi) is 5.46. The molecule has 1 aliphatic rings. The summed E-state index contributed by atoms with van der Waals surface area (Å²) < 4.78 is 7.49. The zero-order chi connectivity index (χ0) is 14.5. The second-order valence-electron chi connectivity index (χ2n) is 6.38. The van der Waals surface area contributed by atoms with E-state index >= 15 is 0 Å². The fourth-order valence-corrected chi connectivity index (χ4v) is 3.23. The van der Waals surface area contributed by atoms with Crippen LogP contribution in [0.2, 0.25) is 0 Å². The number of nitrogens with one attached hydrogen (secondary N) is 1. The van der Waals surface area contributed by atoms with Gasteiger partial charge in [0.1, 0.15) is 0 Å². The van der Waals surface area contributed by atoms with E-state index in [-0.39, 0.29) is 6.04 Å². The molecule has 3 unspecified atom stereocenters. The number of imidazole rings is 1. The van der Waals surface area contributed by atoms with Crippen molar-refractivity contribution in [2.75, 3.05) is 19.0 Å². The van der Waals surface area contributed by atoms with Gasteiger partial charge < -0.3 is 14.6 Å². The lowest BCUT2D eigenvalue weighted by molar-refractivity contribution is 0.189. The molecule has 20 heavy (non-hydrogen) atoms. The van der Waals surface area contributed by atoms with E-state index in [1.807, 2.05) is 0 Å². The molecule has 4 heteroatoms. The van der Waals surface area contributed by atoms with Crippen LogP contribution in [0.5, 0.6) is 0 Å². The van der Waals surface area contributed by atoms with Crippen molar-refractivity contribution in [1.29, 1.82) is 0 Å². The second kappa shape index (κ2) is 7.11. The summed E-state index contributed by atoms with van der Waals surface area (Å²) in [5.41, 5.74) is 1.08. The van der Waals surface area contributed by atoms with Gasteiger partial charge in [0.15, 0.2) is 0 Å². The highest BCUT2D eigenvalue weighted by atomic mass is 16.5. The number of nitrogens with zero attached hydrogens (tertiary/aromatic N) is 2. The third-order valence-electron chi connectivity index (χ3n) is 4.41. The molecular formula is C16H29N3O. The molecule has 0 spiro atoms. The number of anilines is 1. The topological polar surface area (TPSA) is 39.1 Å². The number of aromatic nitrogens is 2. The van der Waals surface area contributed by atoms with Crippen LogP contribution in [0.4, 0.5) is 5.95 Å². The van der Waals surface area contributed by atoms with Crippen LogP contribution in [0, 0.1) is 18.8 Å². The zero-order valence-electron chi connectivity index (χ0n) is 13.4. The van der Waals surface area contributed by atoms with Crippen LogP contribution in [0.25, 0.3) is 0 Å². The molecule has 114 valence electrons. The first-order valence-corrected chi connectivity index (χ1v) is 7.89. The first-order chi connectivity index (χ1) is 9.60. The summed E-state index contributed by atoms with van der Waals surface area (Å²) in [6.45, 7) is 8.37. The van der Waals surface area contributed by atoms with Crippen molar-refractivity contribution in [2.45, 2.75) is 59.0 Å². The van der Waals surface area contributed by atoms with E-state index in [1.165, 1.54) is 25.7 Å². The minimum Gasteiger partial charge on any atom is -0.383 e. The average molecular weight is 279 g/mol. The Labute approximate surface area is 122 Å². The number of rotatable bonds is 6. The Morgan fingerprint density at radius 1 is 1.45 bits per heavy atom. The molecule has 2 rings (SSSR count). The van der Waals surface area contributed by atoms with Gasteiger partial charge in [0.05, 0.1) is 12.3 Å². The molecule has 1 fully saturated rings. The summed E-state index contributed by atoms with van der Waals surface area (Å²) >= 11 is 0. The number of ether oxygens (including phenoxy) is 1. The monoisotopic (exact) mass is 279 g/mol. The van der Waals surface area contributed by atoms with Crippen molar-refractivity contribution < 1.29 is 4.74 Å². The molecule has 0 aliphatic heterocycles. The standard InChI is InChI=1S/C16H29N3O/c1-12-7-5-6-8-15(12)10-19-9-13(2)17-16(19)18-14(3)11-20-4/h9,12,14-15H,5-8,10-11H2,1-4H3,(H,17,18). The Morgan fingerprint density at radius 2 is 2.20 bits per heavy atom. The highest BCUT2D eigenvalue weighted by Crippen LogP contribution is 2.31. The van der Waals surface area contributed by atoms with E-state index in [0.717, 1.165) is 30.0 Å². The third kappa shape index (κ3) is 3.98. The molecule has 0 aromatic carbocycles. The van der Waals surface area contributed by atoms with E-state index in [9.17, 15) is 0 Å². The number of aryl methyl sites for hydroxylation is 1. The van der Waals surface area contributed by atoms with Gasteiger partial charge in [-0.25, -0.2) is 4.98 Å². The molecule has 4 nitrogen and oxygen atoms in total. The molecular weight excluding hydrogens is 250 g/mol. The number of methoxy groups -OCH3 is 1. The normalized spacial score (nSPS) is 24.6. The van der Waals surface area contributed by atoms with E-state index in [4.69, 9.17) is 4.74 Å². The molecule has 0 radical (unpaired) electrons. The van der Waals surface area contributed by atoms with Crippen LogP contribution < -0.4 is 5.32 Å². The minimum absolute atomic E-state index is 0.282. The van der Waals surface area contributed by atoms with Crippen LogP contribution in [0.3, 0.4) is 0 Å². The van der Waals surface area contributed by atoms with Gasteiger partial charge in [-0.3, -0.25) is 0 Å². The predicted molar refractivity (Wildman–Crippen MR) is 83.0 cm³/mol. The molecule has 1 N–H and O–H groups in total. The van der Waals surface area contributed by atoms with Crippen LogP contribution in [0.15, 0.2) is 6.20 Å². The maximum absolute atomic E-state index is 5.19. The molecule has 0 bridgehead atoms. The van der Waals surface area contributed by atoms with E-state index in [1.54, 1.807) is 7.11 Å². The Balaban J connectivity index is 2.03. The SMILES string of the molecule is COCC(C)Nc1nc(C)cn1CC1CCCCC1C. The van der Waals surface area contributed by atoms with Gasteiger partial charge in [0.2, 0.25) is 5.95 Å². The van der Waals surface area contributed by atoms with Gasteiger partial charge in [0, 0.05) is 25.9 Å².